The molecule has 8 nitrogen and oxygen atoms in total. The summed E-state index contributed by atoms with van der Waals surface area (Å²) in [7, 11) is 0. The Labute approximate surface area is 217 Å². The molecule has 0 bridgehead atoms. The van der Waals surface area contributed by atoms with Gasteiger partial charge in [-0.15, -0.1) is 0 Å². The van der Waals surface area contributed by atoms with E-state index in [-0.39, 0.29) is 18.6 Å². The molecule has 36 heavy (non-hydrogen) atoms. The number of nitrogens with zero attached hydrogens (tertiary/aromatic N) is 1. The minimum atomic E-state index is -0.777. The van der Waals surface area contributed by atoms with Gasteiger partial charge >= 0.3 is 0 Å². The lowest BCUT2D eigenvalue weighted by molar-refractivity contribution is -0.123. The zero-order valence-electron chi connectivity index (χ0n) is 19.9. The van der Waals surface area contributed by atoms with Crippen LogP contribution in [0.1, 0.15) is 35.3 Å². The number of nitrogens with one attached hydrogen (secondary N) is 2. The highest BCUT2D eigenvalue weighted by Crippen LogP contribution is 2.32. The molecule has 4 rings (SSSR count). The van der Waals surface area contributed by atoms with Crippen molar-refractivity contribution >= 4 is 34.0 Å². The fourth-order valence-corrected chi connectivity index (χ4v) is 4.00. The van der Waals surface area contributed by atoms with Crippen LogP contribution in [0, 0.1) is 5.92 Å². The number of carbonyl (C=O) groups is 2. The summed E-state index contributed by atoms with van der Waals surface area (Å²) in [5.41, 5.74) is 4.73. The molecule has 0 aliphatic carbocycles. The Bertz CT molecular complexity index is 1260. The number of hydrogen-bond acceptors (Lipinski definition) is 6. The third-order valence-electron chi connectivity index (χ3n) is 5.45. The van der Waals surface area contributed by atoms with Crippen molar-refractivity contribution in [3.05, 3.63) is 87.9 Å². The van der Waals surface area contributed by atoms with E-state index in [4.69, 9.17) is 14.2 Å². The van der Waals surface area contributed by atoms with Crippen LogP contribution in [0.25, 0.3) is 0 Å². The van der Waals surface area contributed by atoms with Crippen LogP contribution in [0.3, 0.4) is 0 Å². The van der Waals surface area contributed by atoms with Gasteiger partial charge in [-0.05, 0) is 69.4 Å². The largest absolute Gasteiger partial charge is 0.488 e. The summed E-state index contributed by atoms with van der Waals surface area (Å²) in [6, 6.07) is 19.5. The van der Waals surface area contributed by atoms with Gasteiger partial charge in [-0.2, -0.15) is 5.10 Å². The van der Waals surface area contributed by atoms with Gasteiger partial charge in [-0.25, -0.2) is 5.43 Å². The van der Waals surface area contributed by atoms with Gasteiger partial charge in [0.1, 0.15) is 18.4 Å². The number of rotatable bonds is 9. The first kappa shape index (κ1) is 25.2. The lowest BCUT2D eigenvalue weighted by Gasteiger charge is -2.20. The van der Waals surface area contributed by atoms with Gasteiger partial charge in [-0.3, -0.25) is 9.59 Å². The Kier molecular flexibility index (Phi) is 8.22. The maximum Gasteiger partial charge on any atom is 0.262 e. The maximum atomic E-state index is 12.8. The summed E-state index contributed by atoms with van der Waals surface area (Å²) in [6.45, 7) is 4.27. The topological polar surface area (TPSA) is 98.2 Å². The molecule has 0 saturated carbocycles. The summed E-state index contributed by atoms with van der Waals surface area (Å²) in [5.74, 6) is 0.819. The lowest BCUT2D eigenvalue weighted by atomic mass is 10.0. The standard InChI is InChI=1S/C27H26BrN3O5/c1-17(2)25(30-26(32)20-9-11-23-24(13-20)36-16-35-23)27(33)31-29-14-19-8-10-22(21(28)12-19)34-15-18-6-4-3-5-7-18/h3-14,17,25H,15-16H2,1-2H3,(H,30,32)(H,31,33). The Morgan fingerprint density at radius 2 is 1.83 bits per heavy atom. The molecule has 1 aliphatic rings. The van der Waals surface area contributed by atoms with Crippen LogP contribution in [-0.4, -0.2) is 30.9 Å². The molecule has 3 aromatic carbocycles. The van der Waals surface area contributed by atoms with Crippen molar-refractivity contribution in [2.45, 2.75) is 26.5 Å². The van der Waals surface area contributed by atoms with Crippen molar-refractivity contribution in [3.8, 4) is 17.2 Å². The first-order chi connectivity index (χ1) is 17.4. The highest BCUT2D eigenvalue weighted by atomic mass is 79.9. The van der Waals surface area contributed by atoms with Crippen LogP contribution in [0.5, 0.6) is 17.2 Å². The molecule has 186 valence electrons. The highest BCUT2D eigenvalue weighted by Gasteiger charge is 2.25. The van der Waals surface area contributed by atoms with Gasteiger partial charge in [0, 0.05) is 5.56 Å². The van der Waals surface area contributed by atoms with E-state index in [0.29, 0.717) is 29.4 Å². The Balaban J connectivity index is 1.33. The molecule has 0 saturated heterocycles. The predicted molar refractivity (Wildman–Crippen MR) is 139 cm³/mol. The van der Waals surface area contributed by atoms with Crippen molar-refractivity contribution in [2.75, 3.05) is 6.79 Å². The van der Waals surface area contributed by atoms with E-state index in [1.165, 1.54) is 6.21 Å². The Hall–Kier alpha value is -3.85. The van der Waals surface area contributed by atoms with Crippen molar-refractivity contribution in [2.24, 2.45) is 11.0 Å². The summed E-state index contributed by atoms with van der Waals surface area (Å²) >= 11 is 3.51. The van der Waals surface area contributed by atoms with Crippen molar-refractivity contribution < 1.29 is 23.8 Å². The average molecular weight is 552 g/mol. The molecule has 0 fully saturated rings. The van der Waals surface area contributed by atoms with Crippen LogP contribution in [-0.2, 0) is 11.4 Å². The number of benzene rings is 3. The Morgan fingerprint density at radius 1 is 1.06 bits per heavy atom. The van der Waals surface area contributed by atoms with Crippen LogP contribution in [0.2, 0.25) is 0 Å². The van der Waals surface area contributed by atoms with E-state index in [0.717, 1.165) is 15.6 Å². The molecule has 0 spiro atoms. The highest BCUT2D eigenvalue weighted by molar-refractivity contribution is 9.10. The quantitative estimate of drug-likeness (QED) is 0.297. The average Bonchev–Trinajstić information content (AvgIpc) is 3.35. The molecule has 1 atom stereocenters. The van der Waals surface area contributed by atoms with Gasteiger partial charge in [-0.1, -0.05) is 44.2 Å². The zero-order valence-corrected chi connectivity index (χ0v) is 21.4. The minimum absolute atomic E-state index is 0.120. The third kappa shape index (κ3) is 6.42. The number of amides is 2. The molecule has 1 heterocycles. The van der Waals surface area contributed by atoms with Crippen molar-refractivity contribution in [1.29, 1.82) is 0 Å². The number of fused-ring (bicyclic) bond motifs is 1. The van der Waals surface area contributed by atoms with Gasteiger partial charge in [0.05, 0.1) is 10.7 Å². The smallest absolute Gasteiger partial charge is 0.262 e. The second-order valence-electron chi connectivity index (χ2n) is 8.46. The Morgan fingerprint density at radius 3 is 2.58 bits per heavy atom. The molecule has 9 heteroatoms. The van der Waals surface area contributed by atoms with Crippen molar-refractivity contribution in [1.82, 2.24) is 10.7 Å². The molecule has 1 aliphatic heterocycles. The second kappa shape index (κ2) is 11.7. The summed E-state index contributed by atoms with van der Waals surface area (Å²) in [5, 5.41) is 6.83. The lowest BCUT2D eigenvalue weighted by Crippen LogP contribution is -2.48. The molecular weight excluding hydrogens is 526 g/mol. The molecule has 3 aromatic rings. The van der Waals surface area contributed by atoms with Gasteiger partial charge in [0.15, 0.2) is 11.5 Å². The number of halogens is 1. The van der Waals surface area contributed by atoms with Crippen LogP contribution < -0.4 is 25.0 Å². The molecular formula is C27H26BrN3O5. The first-order valence-electron chi connectivity index (χ1n) is 11.4. The summed E-state index contributed by atoms with van der Waals surface area (Å²) < 4.78 is 17.2. The van der Waals surface area contributed by atoms with Crippen LogP contribution in [0.4, 0.5) is 0 Å². The van der Waals surface area contributed by atoms with Crippen LogP contribution in [0.15, 0.2) is 76.3 Å². The maximum absolute atomic E-state index is 12.8. The fraction of sp³-hybridized carbons (Fsp3) is 0.222. The van der Waals surface area contributed by atoms with E-state index < -0.39 is 11.9 Å². The number of carbonyl (C=O) groups excluding carboxylic acids is 2. The third-order valence-corrected chi connectivity index (χ3v) is 6.07. The van der Waals surface area contributed by atoms with Crippen molar-refractivity contribution in [3.63, 3.8) is 0 Å². The monoisotopic (exact) mass is 551 g/mol. The molecule has 2 N–H and O–H groups in total. The summed E-state index contributed by atoms with van der Waals surface area (Å²) in [4.78, 5) is 25.5. The number of hydrazone groups is 1. The van der Waals surface area contributed by atoms with E-state index >= 15 is 0 Å². The second-order valence-corrected chi connectivity index (χ2v) is 9.32. The predicted octanol–water partition coefficient (Wildman–Crippen LogP) is 4.66. The SMILES string of the molecule is CC(C)C(NC(=O)c1ccc2c(c1)OCO2)C(=O)NN=Cc1ccc(OCc2ccccc2)c(Br)c1. The molecule has 0 aromatic heterocycles. The zero-order chi connectivity index (χ0) is 25.5. The number of ether oxygens (including phenoxy) is 3. The van der Waals surface area contributed by atoms with E-state index in [9.17, 15) is 9.59 Å². The normalized spacial score (nSPS) is 13.0. The first-order valence-corrected chi connectivity index (χ1v) is 12.2. The number of hydrogen-bond donors (Lipinski definition) is 2. The van der Waals surface area contributed by atoms with Gasteiger partial charge < -0.3 is 19.5 Å². The van der Waals surface area contributed by atoms with E-state index in [2.05, 4.69) is 31.8 Å². The van der Waals surface area contributed by atoms with E-state index in [1.807, 2.05) is 62.4 Å². The van der Waals surface area contributed by atoms with Gasteiger partial charge in [0.2, 0.25) is 6.79 Å². The molecule has 0 radical (unpaired) electrons. The van der Waals surface area contributed by atoms with Gasteiger partial charge in [0.25, 0.3) is 11.8 Å². The minimum Gasteiger partial charge on any atom is -0.488 e. The van der Waals surface area contributed by atoms with E-state index in [1.54, 1.807) is 18.2 Å². The summed E-state index contributed by atoms with van der Waals surface area (Å²) in [6.07, 6.45) is 1.53. The molecule has 2 amide bonds. The van der Waals surface area contributed by atoms with Crippen LogP contribution >= 0.6 is 15.9 Å². The molecule has 1 unspecified atom stereocenters. The fourth-order valence-electron chi connectivity index (χ4n) is 3.49.